The highest BCUT2D eigenvalue weighted by molar-refractivity contribution is 4.87. The first-order chi connectivity index (χ1) is 7.72. The average Bonchev–Trinajstić information content (AvgIpc) is 2.31. The van der Waals surface area contributed by atoms with E-state index in [1.165, 1.54) is 45.3 Å². The van der Waals surface area contributed by atoms with Crippen molar-refractivity contribution < 1.29 is 0 Å². The molecule has 2 heteroatoms. The summed E-state index contributed by atoms with van der Waals surface area (Å²) in [7, 11) is 0. The Hall–Kier alpha value is -0.0800. The lowest BCUT2D eigenvalue weighted by Crippen LogP contribution is -2.58. The van der Waals surface area contributed by atoms with Crippen molar-refractivity contribution >= 4 is 0 Å². The molecule has 0 aromatic carbocycles. The SMILES string of the molecule is CCCC1CNC(C(C)CC)CN1CCC. The van der Waals surface area contributed by atoms with Crippen molar-refractivity contribution in [2.24, 2.45) is 5.92 Å². The van der Waals surface area contributed by atoms with Crippen LogP contribution >= 0.6 is 0 Å². The Morgan fingerprint density at radius 2 is 2.00 bits per heavy atom. The van der Waals surface area contributed by atoms with Gasteiger partial charge in [-0.3, -0.25) is 4.90 Å². The lowest BCUT2D eigenvalue weighted by Gasteiger charge is -2.42. The van der Waals surface area contributed by atoms with Crippen molar-refractivity contribution in [1.29, 1.82) is 0 Å². The quantitative estimate of drug-likeness (QED) is 0.749. The number of piperazine rings is 1. The predicted octanol–water partition coefficient (Wildman–Crippen LogP) is 2.89. The van der Waals surface area contributed by atoms with E-state index in [0.717, 1.165) is 12.0 Å². The summed E-state index contributed by atoms with van der Waals surface area (Å²) >= 11 is 0. The third-order valence-corrected chi connectivity index (χ3v) is 4.03. The fourth-order valence-electron chi connectivity index (χ4n) is 2.73. The van der Waals surface area contributed by atoms with Gasteiger partial charge in [-0.05, 0) is 25.3 Å². The van der Waals surface area contributed by atoms with Crippen molar-refractivity contribution in [2.45, 2.75) is 65.5 Å². The number of rotatable bonds is 6. The van der Waals surface area contributed by atoms with E-state index in [9.17, 15) is 0 Å². The fraction of sp³-hybridized carbons (Fsp3) is 1.00. The highest BCUT2D eigenvalue weighted by Gasteiger charge is 2.28. The van der Waals surface area contributed by atoms with Gasteiger partial charge in [0.25, 0.3) is 0 Å². The van der Waals surface area contributed by atoms with Gasteiger partial charge in [-0.15, -0.1) is 0 Å². The number of nitrogens with one attached hydrogen (secondary N) is 1. The van der Waals surface area contributed by atoms with Crippen molar-refractivity contribution in [3.05, 3.63) is 0 Å². The molecule has 3 unspecified atom stereocenters. The first-order valence-corrected chi connectivity index (χ1v) is 7.20. The van der Waals surface area contributed by atoms with Gasteiger partial charge < -0.3 is 5.32 Å². The smallest absolute Gasteiger partial charge is 0.0221 e. The van der Waals surface area contributed by atoms with Crippen LogP contribution in [0.4, 0.5) is 0 Å². The largest absolute Gasteiger partial charge is 0.311 e. The third-order valence-electron chi connectivity index (χ3n) is 4.03. The molecule has 1 rings (SSSR count). The van der Waals surface area contributed by atoms with Gasteiger partial charge in [-0.1, -0.05) is 40.5 Å². The Morgan fingerprint density at radius 3 is 2.56 bits per heavy atom. The fourth-order valence-corrected chi connectivity index (χ4v) is 2.73. The van der Waals surface area contributed by atoms with E-state index in [1.54, 1.807) is 0 Å². The summed E-state index contributed by atoms with van der Waals surface area (Å²) in [4.78, 5) is 2.72. The minimum atomic E-state index is 0.713. The molecular formula is C14H30N2. The van der Waals surface area contributed by atoms with Gasteiger partial charge in [-0.25, -0.2) is 0 Å². The van der Waals surface area contributed by atoms with E-state index in [4.69, 9.17) is 0 Å². The summed E-state index contributed by atoms with van der Waals surface area (Å²) < 4.78 is 0. The molecule has 0 radical (unpaired) electrons. The second kappa shape index (κ2) is 7.29. The van der Waals surface area contributed by atoms with Crippen LogP contribution in [0, 0.1) is 5.92 Å². The molecule has 1 heterocycles. The zero-order valence-electron chi connectivity index (χ0n) is 11.6. The van der Waals surface area contributed by atoms with Crippen LogP contribution in [0.5, 0.6) is 0 Å². The molecule has 1 aliphatic rings. The van der Waals surface area contributed by atoms with Gasteiger partial charge in [0.1, 0.15) is 0 Å². The predicted molar refractivity (Wildman–Crippen MR) is 71.8 cm³/mol. The summed E-state index contributed by atoms with van der Waals surface area (Å²) in [6, 6.07) is 1.50. The van der Waals surface area contributed by atoms with E-state index < -0.39 is 0 Å². The average molecular weight is 226 g/mol. The summed E-state index contributed by atoms with van der Waals surface area (Å²) in [5, 5.41) is 3.75. The highest BCUT2D eigenvalue weighted by Crippen LogP contribution is 2.18. The van der Waals surface area contributed by atoms with E-state index in [-0.39, 0.29) is 0 Å². The van der Waals surface area contributed by atoms with Gasteiger partial charge in [-0.2, -0.15) is 0 Å². The third kappa shape index (κ3) is 3.74. The summed E-state index contributed by atoms with van der Waals surface area (Å²) in [6.07, 6.45) is 5.23. The van der Waals surface area contributed by atoms with E-state index >= 15 is 0 Å². The molecule has 0 amide bonds. The van der Waals surface area contributed by atoms with Crippen LogP contribution in [0.2, 0.25) is 0 Å². The van der Waals surface area contributed by atoms with Crippen LogP contribution in [0.1, 0.15) is 53.4 Å². The van der Waals surface area contributed by atoms with Gasteiger partial charge in [0.2, 0.25) is 0 Å². The number of hydrogen-bond acceptors (Lipinski definition) is 2. The van der Waals surface area contributed by atoms with E-state index in [0.29, 0.717) is 6.04 Å². The van der Waals surface area contributed by atoms with Crippen molar-refractivity contribution in [3.8, 4) is 0 Å². The van der Waals surface area contributed by atoms with Crippen LogP contribution < -0.4 is 5.32 Å². The normalized spacial score (nSPS) is 29.2. The maximum atomic E-state index is 3.75. The van der Waals surface area contributed by atoms with Crippen LogP contribution in [-0.4, -0.2) is 36.6 Å². The first-order valence-electron chi connectivity index (χ1n) is 7.20. The topological polar surface area (TPSA) is 15.3 Å². The van der Waals surface area contributed by atoms with Gasteiger partial charge in [0.15, 0.2) is 0 Å². The van der Waals surface area contributed by atoms with Crippen molar-refractivity contribution in [3.63, 3.8) is 0 Å². The molecule has 0 aromatic heterocycles. The Labute approximate surface area is 102 Å². The lowest BCUT2D eigenvalue weighted by molar-refractivity contribution is 0.103. The standard InChI is InChI=1S/C14H30N2/c1-5-8-13-10-15-14(12(4)7-3)11-16(13)9-6-2/h12-15H,5-11H2,1-4H3. The van der Waals surface area contributed by atoms with E-state index in [1.807, 2.05) is 0 Å². The molecule has 0 bridgehead atoms. The monoisotopic (exact) mass is 226 g/mol. The molecule has 1 aliphatic heterocycles. The number of nitrogens with zero attached hydrogens (tertiary/aromatic N) is 1. The summed E-state index contributed by atoms with van der Waals surface area (Å²) in [5.41, 5.74) is 0. The van der Waals surface area contributed by atoms with Gasteiger partial charge >= 0.3 is 0 Å². The van der Waals surface area contributed by atoms with Gasteiger partial charge in [0, 0.05) is 25.2 Å². The Morgan fingerprint density at radius 1 is 1.25 bits per heavy atom. The summed E-state index contributed by atoms with van der Waals surface area (Å²) in [5.74, 6) is 0.807. The van der Waals surface area contributed by atoms with E-state index in [2.05, 4.69) is 37.9 Å². The zero-order chi connectivity index (χ0) is 12.0. The molecule has 0 saturated carbocycles. The molecule has 0 aliphatic carbocycles. The Kier molecular flexibility index (Phi) is 6.37. The molecule has 0 spiro atoms. The zero-order valence-corrected chi connectivity index (χ0v) is 11.6. The van der Waals surface area contributed by atoms with Crippen molar-refractivity contribution in [1.82, 2.24) is 10.2 Å². The number of hydrogen-bond donors (Lipinski definition) is 1. The second-order valence-electron chi connectivity index (χ2n) is 5.34. The molecule has 0 aromatic rings. The highest BCUT2D eigenvalue weighted by atomic mass is 15.2. The molecule has 1 N–H and O–H groups in total. The van der Waals surface area contributed by atoms with Crippen molar-refractivity contribution in [2.75, 3.05) is 19.6 Å². The molecule has 3 atom stereocenters. The molecule has 16 heavy (non-hydrogen) atoms. The molecule has 2 nitrogen and oxygen atoms in total. The maximum absolute atomic E-state index is 3.75. The van der Waals surface area contributed by atoms with Crippen LogP contribution in [0.25, 0.3) is 0 Å². The second-order valence-corrected chi connectivity index (χ2v) is 5.34. The lowest BCUT2D eigenvalue weighted by atomic mass is 9.94. The van der Waals surface area contributed by atoms with Crippen LogP contribution in [0.3, 0.4) is 0 Å². The Bertz CT molecular complexity index is 182. The molecule has 1 fully saturated rings. The van der Waals surface area contributed by atoms with Crippen LogP contribution in [0.15, 0.2) is 0 Å². The first kappa shape index (κ1) is 14.0. The van der Waals surface area contributed by atoms with Crippen LogP contribution in [-0.2, 0) is 0 Å². The molecular weight excluding hydrogens is 196 g/mol. The minimum Gasteiger partial charge on any atom is -0.311 e. The molecule has 96 valence electrons. The summed E-state index contributed by atoms with van der Waals surface area (Å²) in [6.45, 7) is 13.0. The Balaban J connectivity index is 2.50. The minimum absolute atomic E-state index is 0.713. The molecule has 1 saturated heterocycles. The maximum Gasteiger partial charge on any atom is 0.0221 e. The van der Waals surface area contributed by atoms with Gasteiger partial charge in [0.05, 0.1) is 0 Å².